The number of morpholine rings is 1. The van der Waals surface area contributed by atoms with Gasteiger partial charge in [-0.15, -0.1) is 0 Å². The lowest BCUT2D eigenvalue weighted by Crippen LogP contribution is -2.50. The van der Waals surface area contributed by atoms with E-state index in [1.165, 1.54) is 36.9 Å². The SMILES string of the molecule is CONCCCc1cc([C@@H](C)N(C(=O)[C@H]2CNCCO2)C2CC2)cnc1C1CCCC1. The first kappa shape index (κ1) is 22.6. The Morgan fingerprint density at radius 3 is 2.84 bits per heavy atom. The average Bonchev–Trinajstić information content (AvgIpc) is 3.49. The number of aryl methyl sites for hydroxylation is 1. The quantitative estimate of drug-likeness (QED) is 0.439. The molecule has 2 N–H and O–H groups in total. The second-order valence-electron chi connectivity index (χ2n) is 9.21. The summed E-state index contributed by atoms with van der Waals surface area (Å²) in [5.74, 6) is 0.700. The molecule has 2 saturated carbocycles. The maximum atomic E-state index is 13.3. The van der Waals surface area contributed by atoms with Crippen molar-refractivity contribution in [2.24, 2.45) is 0 Å². The molecule has 1 aromatic rings. The highest BCUT2D eigenvalue weighted by Gasteiger charge is 2.40. The minimum absolute atomic E-state index is 0.00602. The van der Waals surface area contributed by atoms with Gasteiger partial charge in [0.25, 0.3) is 5.91 Å². The van der Waals surface area contributed by atoms with Crippen LogP contribution in [0.4, 0.5) is 0 Å². The zero-order chi connectivity index (χ0) is 21.6. The summed E-state index contributed by atoms with van der Waals surface area (Å²) in [6.07, 6.45) is 10.9. The number of ether oxygens (including phenoxy) is 1. The zero-order valence-electron chi connectivity index (χ0n) is 19.1. The van der Waals surface area contributed by atoms with Gasteiger partial charge >= 0.3 is 0 Å². The Morgan fingerprint density at radius 2 is 2.16 bits per heavy atom. The van der Waals surface area contributed by atoms with Crippen molar-refractivity contribution in [1.29, 1.82) is 0 Å². The van der Waals surface area contributed by atoms with E-state index in [4.69, 9.17) is 14.6 Å². The molecule has 2 aliphatic carbocycles. The summed E-state index contributed by atoms with van der Waals surface area (Å²) in [6.45, 7) is 4.98. The van der Waals surface area contributed by atoms with Crippen LogP contribution in [0.15, 0.2) is 12.3 Å². The Hall–Kier alpha value is -1.54. The second kappa shape index (κ2) is 10.9. The lowest BCUT2D eigenvalue weighted by Gasteiger charge is -2.34. The molecule has 7 nitrogen and oxygen atoms in total. The van der Waals surface area contributed by atoms with Crippen molar-refractivity contribution in [3.05, 3.63) is 29.1 Å². The third-order valence-electron chi connectivity index (χ3n) is 6.93. The molecule has 1 saturated heterocycles. The van der Waals surface area contributed by atoms with Crippen LogP contribution < -0.4 is 10.8 Å². The van der Waals surface area contributed by atoms with E-state index in [2.05, 4.69) is 28.7 Å². The fourth-order valence-corrected chi connectivity index (χ4v) is 5.08. The van der Waals surface area contributed by atoms with Gasteiger partial charge in [0.05, 0.1) is 19.8 Å². The van der Waals surface area contributed by atoms with Crippen LogP contribution >= 0.6 is 0 Å². The smallest absolute Gasteiger partial charge is 0.253 e. The van der Waals surface area contributed by atoms with Gasteiger partial charge in [-0.3, -0.25) is 9.78 Å². The molecule has 2 atom stereocenters. The Bertz CT molecular complexity index is 728. The number of carbonyl (C=O) groups is 1. The molecule has 172 valence electrons. The number of carbonyl (C=O) groups excluding carboxylic acids is 1. The van der Waals surface area contributed by atoms with E-state index >= 15 is 0 Å². The fourth-order valence-electron chi connectivity index (χ4n) is 5.08. The molecule has 1 aromatic heterocycles. The first-order valence-electron chi connectivity index (χ1n) is 12.1. The van der Waals surface area contributed by atoms with Gasteiger partial charge in [0.15, 0.2) is 0 Å². The molecule has 3 fully saturated rings. The summed E-state index contributed by atoms with van der Waals surface area (Å²) < 4.78 is 5.78. The average molecular weight is 431 g/mol. The largest absolute Gasteiger partial charge is 0.366 e. The molecule has 2 heterocycles. The van der Waals surface area contributed by atoms with Gasteiger partial charge in [-0.2, -0.15) is 0 Å². The maximum absolute atomic E-state index is 13.3. The first-order chi connectivity index (χ1) is 15.2. The number of hydrogen-bond donors (Lipinski definition) is 2. The van der Waals surface area contributed by atoms with E-state index in [9.17, 15) is 4.79 Å². The van der Waals surface area contributed by atoms with Crippen molar-refractivity contribution < 1.29 is 14.4 Å². The molecule has 4 rings (SSSR count). The van der Waals surface area contributed by atoms with Crippen LogP contribution in [0.3, 0.4) is 0 Å². The number of amides is 1. The molecule has 31 heavy (non-hydrogen) atoms. The number of nitrogens with one attached hydrogen (secondary N) is 2. The lowest BCUT2D eigenvalue weighted by molar-refractivity contribution is -0.148. The van der Waals surface area contributed by atoms with Crippen molar-refractivity contribution in [2.75, 3.05) is 33.4 Å². The van der Waals surface area contributed by atoms with Crippen LogP contribution in [0, 0.1) is 0 Å². The standard InChI is InChI=1S/C24H38N4O3/c1-17(28(21-9-10-21)24(29)22-16-25-12-13-31-22)20-14-19(8-5-11-27-30-2)23(26-15-20)18-6-3-4-7-18/h14-15,17-18,21-22,25,27H,3-13,16H2,1-2H3/t17-,22-/m1/s1. The van der Waals surface area contributed by atoms with Gasteiger partial charge < -0.3 is 19.8 Å². The summed E-state index contributed by atoms with van der Waals surface area (Å²) >= 11 is 0. The molecule has 0 spiro atoms. The monoisotopic (exact) mass is 430 g/mol. The van der Waals surface area contributed by atoms with Crippen LogP contribution in [0.25, 0.3) is 0 Å². The third-order valence-corrected chi connectivity index (χ3v) is 6.93. The molecular formula is C24H38N4O3. The van der Waals surface area contributed by atoms with Crippen molar-refractivity contribution in [2.45, 2.75) is 82.4 Å². The predicted octanol–water partition coefficient (Wildman–Crippen LogP) is 2.86. The first-order valence-corrected chi connectivity index (χ1v) is 12.1. The predicted molar refractivity (Wildman–Crippen MR) is 120 cm³/mol. The summed E-state index contributed by atoms with van der Waals surface area (Å²) in [5.41, 5.74) is 6.70. The van der Waals surface area contributed by atoms with Crippen molar-refractivity contribution in [1.82, 2.24) is 20.7 Å². The fraction of sp³-hybridized carbons (Fsp3) is 0.750. The van der Waals surface area contributed by atoms with Gasteiger partial charge in [-0.05, 0) is 56.6 Å². The van der Waals surface area contributed by atoms with E-state index in [0.29, 0.717) is 25.1 Å². The van der Waals surface area contributed by atoms with E-state index < -0.39 is 0 Å². The number of pyridine rings is 1. The van der Waals surface area contributed by atoms with Crippen LogP contribution in [-0.4, -0.2) is 61.3 Å². The van der Waals surface area contributed by atoms with Crippen molar-refractivity contribution in [3.63, 3.8) is 0 Å². The van der Waals surface area contributed by atoms with Gasteiger partial charge in [-0.25, -0.2) is 5.48 Å². The third kappa shape index (κ3) is 5.64. The maximum Gasteiger partial charge on any atom is 0.253 e. The van der Waals surface area contributed by atoms with Gasteiger partial charge in [0.1, 0.15) is 6.10 Å². The van der Waals surface area contributed by atoms with E-state index in [1.54, 1.807) is 7.11 Å². The molecule has 0 bridgehead atoms. The second-order valence-corrected chi connectivity index (χ2v) is 9.21. The topological polar surface area (TPSA) is 75.7 Å². The highest BCUT2D eigenvalue weighted by molar-refractivity contribution is 5.82. The lowest BCUT2D eigenvalue weighted by atomic mass is 9.93. The summed E-state index contributed by atoms with van der Waals surface area (Å²) in [4.78, 5) is 25.4. The Balaban J connectivity index is 1.53. The number of rotatable bonds is 10. The van der Waals surface area contributed by atoms with Crippen LogP contribution in [0.1, 0.15) is 80.7 Å². The van der Waals surface area contributed by atoms with Crippen LogP contribution in [-0.2, 0) is 20.8 Å². The van der Waals surface area contributed by atoms with Crippen molar-refractivity contribution in [3.8, 4) is 0 Å². The summed E-state index contributed by atoms with van der Waals surface area (Å²) in [7, 11) is 1.66. The van der Waals surface area contributed by atoms with Gasteiger partial charge in [0.2, 0.25) is 0 Å². The molecule has 0 unspecified atom stereocenters. The zero-order valence-corrected chi connectivity index (χ0v) is 19.1. The Morgan fingerprint density at radius 1 is 1.35 bits per heavy atom. The van der Waals surface area contributed by atoms with Crippen LogP contribution in [0.5, 0.6) is 0 Å². The Kier molecular flexibility index (Phi) is 7.93. The molecule has 3 aliphatic rings. The number of hydroxylamine groups is 1. The van der Waals surface area contributed by atoms with Gasteiger partial charge in [0, 0.05) is 43.5 Å². The Labute approximate surface area is 186 Å². The van der Waals surface area contributed by atoms with E-state index in [1.807, 2.05) is 6.20 Å². The normalized spacial score (nSPS) is 23.1. The van der Waals surface area contributed by atoms with E-state index in [-0.39, 0.29) is 18.1 Å². The molecule has 7 heteroatoms. The number of hydrogen-bond acceptors (Lipinski definition) is 6. The summed E-state index contributed by atoms with van der Waals surface area (Å²) in [6, 6.07) is 2.66. The van der Waals surface area contributed by atoms with Crippen LogP contribution in [0.2, 0.25) is 0 Å². The number of nitrogens with zero attached hydrogens (tertiary/aromatic N) is 2. The van der Waals surface area contributed by atoms with Gasteiger partial charge in [-0.1, -0.05) is 18.9 Å². The molecular weight excluding hydrogens is 392 g/mol. The highest BCUT2D eigenvalue weighted by Crippen LogP contribution is 2.38. The minimum Gasteiger partial charge on any atom is -0.366 e. The minimum atomic E-state index is -0.373. The molecule has 0 radical (unpaired) electrons. The number of aromatic nitrogens is 1. The van der Waals surface area contributed by atoms with Crippen molar-refractivity contribution >= 4 is 5.91 Å². The molecule has 1 amide bonds. The van der Waals surface area contributed by atoms with E-state index in [0.717, 1.165) is 44.3 Å². The molecule has 1 aliphatic heterocycles. The highest BCUT2D eigenvalue weighted by atomic mass is 16.6. The molecule has 0 aromatic carbocycles. The summed E-state index contributed by atoms with van der Waals surface area (Å²) in [5, 5.41) is 3.29.